The van der Waals surface area contributed by atoms with Crippen molar-refractivity contribution in [3.8, 4) is 11.1 Å². The third kappa shape index (κ3) is 4.37. The van der Waals surface area contributed by atoms with Crippen LogP contribution in [0.1, 0.15) is 41.1 Å². The van der Waals surface area contributed by atoms with Gasteiger partial charge in [0, 0.05) is 0 Å². The summed E-state index contributed by atoms with van der Waals surface area (Å²) in [7, 11) is 0. The number of rotatable bonds is 3. The van der Waals surface area contributed by atoms with Gasteiger partial charge in [-0.05, 0) is 0 Å². The van der Waals surface area contributed by atoms with Crippen LogP contribution >= 0.6 is 0 Å². The number of halogens is 2. The summed E-state index contributed by atoms with van der Waals surface area (Å²) in [5.41, 5.74) is 10.4. The Morgan fingerprint density at radius 3 is 1.89 bits per heavy atom. The third-order valence-corrected chi connectivity index (χ3v) is 15.7. The summed E-state index contributed by atoms with van der Waals surface area (Å²) in [6, 6.07) is 34.0. The third-order valence-electron chi connectivity index (χ3n) is 7.54. The zero-order chi connectivity index (χ0) is 22.5. The Labute approximate surface area is 228 Å². The first kappa shape index (κ1) is 26.0. The van der Waals surface area contributed by atoms with Crippen LogP contribution < -0.4 is 24.8 Å². The van der Waals surface area contributed by atoms with Crippen molar-refractivity contribution in [1.82, 2.24) is 0 Å². The van der Waals surface area contributed by atoms with Crippen LogP contribution in [0.4, 0.5) is 0 Å². The van der Waals surface area contributed by atoms with Gasteiger partial charge in [0.2, 0.25) is 0 Å². The summed E-state index contributed by atoms with van der Waals surface area (Å²) in [5, 5.41) is 2.71. The molecule has 4 aromatic rings. The molecule has 0 fully saturated rings. The second kappa shape index (κ2) is 10.5. The molecular formula is C32H28Cl2Zr. The van der Waals surface area contributed by atoms with Crippen LogP contribution in [0.15, 0.2) is 111 Å². The van der Waals surface area contributed by atoms with Crippen molar-refractivity contribution in [2.45, 2.75) is 24.4 Å². The van der Waals surface area contributed by atoms with E-state index in [1.807, 2.05) is 0 Å². The molecule has 0 heterocycles. The van der Waals surface area contributed by atoms with Crippen LogP contribution in [0.5, 0.6) is 0 Å². The van der Waals surface area contributed by atoms with E-state index in [-0.39, 0.29) is 24.8 Å². The summed E-state index contributed by atoms with van der Waals surface area (Å²) in [5.74, 6) is 0.533. The smallest absolute Gasteiger partial charge is 1.00 e. The van der Waals surface area contributed by atoms with Crippen molar-refractivity contribution in [3.63, 3.8) is 0 Å². The monoisotopic (exact) mass is 572 g/mol. The maximum atomic E-state index is 2.76. The first-order valence-corrected chi connectivity index (χ1v) is 16.0. The topological polar surface area (TPSA) is 0 Å². The Bertz CT molecular complexity index is 1460. The Kier molecular flexibility index (Phi) is 7.82. The molecule has 1 unspecified atom stereocenters. The van der Waals surface area contributed by atoms with Gasteiger partial charge in [0.1, 0.15) is 0 Å². The molecule has 0 radical (unpaired) electrons. The summed E-state index contributed by atoms with van der Waals surface area (Å²) in [6.07, 6.45) is 2.49. The maximum Gasteiger partial charge on any atom is -1.00 e. The Morgan fingerprint density at radius 1 is 0.686 bits per heavy atom. The van der Waals surface area contributed by atoms with Gasteiger partial charge in [0.15, 0.2) is 0 Å². The predicted molar refractivity (Wildman–Crippen MR) is 138 cm³/mol. The molecule has 0 saturated carbocycles. The maximum absolute atomic E-state index is 2.76. The van der Waals surface area contributed by atoms with E-state index in [9.17, 15) is 0 Å². The first-order valence-electron chi connectivity index (χ1n) is 11.9. The van der Waals surface area contributed by atoms with Crippen LogP contribution in [-0.4, -0.2) is 3.71 Å². The van der Waals surface area contributed by atoms with Gasteiger partial charge in [-0.2, -0.15) is 0 Å². The molecule has 0 amide bonds. The van der Waals surface area contributed by atoms with Gasteiger partial charge >= 0.3 is 205 Å². The minimum atomic E-state index is -2.39. The van der Waals surface area contributed by atoms with Crippen LogP contribution in [0, 0.1) is 5.92 Å². The number of fused-ring (bicyclic) bond motifs is 4. The second-order valence-corrected chi connectivity index (χ2v) is 15.1. The minimum Gasteiger partial charge on any atom is -1.00 e. The zero-order valence-corrected chi connectivity index (χ0v) is 24.2. The van der Waals surface area contributed by atoms with Crippen molar-refractivity contribution < 1.29 is 46.1 Å². The van der Waals surface area contributed by atoms with Gasteiger partial charge in [0.05, 0.1) is 0 Å². The number of hydrogen-bond acceptors (Lipinski definition) is 0. The average Bonchev–Trinajstić information content (AvgIpc) is 3.31. The molecule has 2 aliphatic carbocycles. The summed E-state index contributed by atoms with van der Waals surface area (Å²) in [6.45, 7) is 7.09. The molecule has 6 rings (SSSR count). The molecule has 0 saturated heterocycles. The van der Waals surface area contributed by atoms with E-state index in [2.05, 4.69) is 122 Å². The Morgan fingerprint density at radius 2 is 1.26 bits per heavy atom. The molecule has 0 N–H and O–H groups in total. The fourth-order valence-corrected chi connectivity index (χ4v) is 14.9. The van der Waals surface area contributed by atoms with Gasteiger partial charge in [-0.1, -0.05) is 0 Å². The SMILES string of the molecule is CC1=CC(C)[C](/[Zr+2](=[CH]/c2cccc3ccccc23)[CH]2c3ccccc3-c3ccccc32)=C1C.[Cl-].[Cl-]. The fraction of sp³-hybridized carbons (Fsp3) is 0.156. The number of hydrogen-bond donors (Lipinski definition) is 0. The minimum absolute atomic E-state index is 0. The van der Waals surface area contributed by atoms with Gasteiger partial charge in [-0.25, -0.2) is 0 Å². The molecule has 0 aromatic heterocycles. The molecule has 0 spiro atoms. The first-order chi connectivity index (χ1) is 16.1. The van der Waals surface area contributed by atoms with E-state index < -0.39 is 21.3 Å². The van der Waals surface area contributed by atoms with Crippen LogP contribution in [0.3, 0.4) is 0 Å². The normalized spacial score (nSPS) is 16.4. The predicted octanol–water partition coefficient (Wildman–Crippen LogP) is 2.26. The average molecular weight is 575 g/mol. The van der Waals surface area contributed by atoms with Gasteiger partial charge in [0.25, 0.3) is 0 Å². The number of allylic oxidation sites excluding steroid dienone is 4. The molecule has 1 atom stereocenters. The Balaban J connectivity index is 0.00000144. The number of benzene rings is 4. The van der Waals surface area contributed by atoms with E-state index in [0.717, 1.165) is 0 Å². The zero-order valence-electron chi connectivity index (χ0n) is 20.2. The molecule has 174 valence electrons. The quantitative estimate of drug-likeness (QED) is 0.352. The van der Waals surface area contributed by atoms with Crippen LogP contribution in [0.25, 0.3) is 21.9 Å². The van der Waals surface area contributed by atoms with Crippen molar-refractivity contribution in [3.05, 3.63) is 128 Å². The van der Waals surface area contributed by atoms with Crippen molar-refractivity contribution >= 4 is 14.5 Å². The van der Waals surface area contributed by atoms with Gasteiger partial charge < -0.3 is 24.8 Å². The fourth-order valence-electron chi connectivity index (χ4n) is 5.97. The van der Waals surface area contributed by atoms with Crippen molar-refractivity contribution in [2.24, 2.45) is 5.92 Å². The van der Waals surface area contributed by atoms with E-state index in [4.69, 9.17) is 0 Å². The molecule has 35 heavy (non-hydrogen) atoms. The Hall–Kier alpha value is -2.05. The summed E-state index contributed by atoms with van der Waals surface area (Å²) < 4.78 is 5.04. The van der Waals surface area contributed by atoms with E-state index in [1.165, 1.54) is 33.0 Å². The van der Waals surface area contributed by atoms with Crippen molar-refractivity contribution in [1.29, 1.82) is 0 Å². The van der Waals surface area contributed by atoms with Gasteiger partial charge in [-0.3, -0.25) is 0 Å². The standard InChI is InChI=1S/C13H9.C11H8.C8H11.2ClH.Zr/c1-3-7-12-10(5-1)9-11-6-2-4-8-13(11)12;1-9-5-4-7-10-6-2-3-8-11(9)10;1-6-4-7(2)8(3)5-6;;;/h1-9H;1-8H;4,6H,1-3H3;2*1H;/q;;;;;+2/p-2. The van der Waals surface area contributed by atoms with Crippen molar-refractivity contribution in [2.75, 3.05) is 0 Å². The molecule has 2 aliphatic rings. The van der Waals surface area contributed by atoms with E-state index in [1.54, 1.807) is 20.0 Å². The summed E-state index contributed by atoms with van der Waals surface area (Å²) in [4.78, 5) is 0. The summed E-state index contributed by atoms with van der Waals surface area (Å²) >= 11 is -2.39. The largest absolute Gasteiger partial charge is 1.00 e. The molecule has 0 nitrogen and oxygen atoms in total. The molecule has 4 aromatic carbocycles. The van der Waals surface area contributed by atoms with Gasteiger partial charge in [-0.15, -0.1) is 0 Å². The van der Waals surface area contributed by atoms with Crippen LogP contribution in [-0.2, 0) is 21.3 Å². The van der Waals surface area contributed by atoms with E-state index >= 15 is 0 Å². The molecule has 3 heteroatoms. The second-order valence-electron chi connectivity index (χ2n) is 9.45. The van der Waals surface area contributed by atoms with E-state index in [0.29, 0.717) is 9.54 Å². The molecular weight excluding hydrogens is 546 g/mol. The molecule has 0 bridgehead atoms. The van der Waals surface area contributed by atoms with Crippen LogP contribution in [0.2, 0.25) is 0 Å². The molecule has 0 aliphatic heterocycles.